The number of amides is 1. The maximum atomic E-state index is 12.1. The maximum absolute atomic E-state index is 12.1. The molecule has 1 amide bonds. The van der Waals surface area contributed by atoms with Gasteiger partial charge in [-0.25, -0.2) is 0 Å². The van der Waals surface area contributed by atoms with Gasteiger partial charge in [-0.1, -0.05) is 36.9 Å². The molecule has 1 aliphatic carbocycles. The third-order valence-corrected chi connectivity index (χ3v) is 7.96. The van der Waals surface area contributed by atoms with Crippen molar-refractivity contribution in [2.24, 2.45) is 0 Å². The van der Waals surface area contributed by atoms with Crippen LogP contribution in [-0.4, -0.2) is 59.5 Å². The van der Waals surface area contributed by atoms with E-state index in [9.17, 15) is 4.79 Å². The molecule has 0 saturated carbocycles. The van der Waals surface area contributed by atoms with Gasteiger partial charge in [-0.15, -0.1) is 0 Å². The topological polar surface area (TPSA) is 87.8 Å². The highest BCUT2D eigenvalue weighted by Gasteiger charge is 2.33. The van der Waals surface area contributed by atoms with Crippen molar-refractivity contribution < 1.29 is 9.53 Å². The second-order valence-electron chi connectivity index (χ2n) is 10.3. The summed E-state index contributed by atoms with van der Waals surface area (Å²) in [5, 5.41) is 0. The highest BCUT2D eigenvalue weighted by molar-refractivity contribution is 5.87. The fourth-order valence-electron chi connectivity index (χ4n) is 5.99. The second-order valence-corrected chi connectivity index (χ2v) is 10.3. The van der Waals surface area contributed by atoms with Crippen LogP contribution in [0.2, 0.25) is 0 Å². The van der Waals surface area contributed by atoms with Crippen molar-refractivity contribution in [1.82, 2.24) is 14.9 Å². The van der Waals surface area contributed by atoms with E-state index in [0.29, 0.717) is 37.4 Å². The number of para-hydroxylation sites is 1. The number of rotatable bonds is 6. The third kappa shape index (κ3) is 4.78. The molecule has 196 valence electrons. The Bertz CT molecular complexity index is 1350. The van der Waals surface area contributed by atoms with Crippen LogP contribution >= 0.6 is 0 Å². The van der Waals surface area contributed by atoms with Crippen LogP contribution in [0.3, 0.4) is 0 Å². The monoisotopic (exact) mass is 510 g/mol. The number of nitrogens with two attached hydrogens (primary N) is 1. The number of carbonyl (C=O) groups excluding carboxylic acids is 1. The van der Waals surface area contributed by atoms with Crippen molar-refractivity contribution >= 4 is 23.1 Å². The molecule has 1 fully saturated rings. The van der Waals surface area contributed by atoms with Crippen LogP contribution in [-0.2, 0) is 30.7 Å². The Balaban J connectivity index is 1.27. The first-order valence-electron chi connectivity index (χ1n) is 13.5. The molecule has 2 aromatic carbocycles. The number of hydrogen-bond donors (Lipinski definition) is 1. The van der Waals surface area contributed by atoms with Gasteiger partial charge in [0.1, 0.15) is 12.4 Å². The number of anilines is 3. The Morgan fingerprint density at radius 1 is 1.05 bits per heavy atom. The SMILES string of the molecule is C=CC(=O)N1CCN(c2nc(OCc3cccc(N)c3)nc3c2CCC(N2CCc4ccccc42)C3)CC1. The highest BCUT2D eigenvalue weighted by atomic mass is 16.5. The standard InChI is InChI=1S/C30H34N6O2/c1-2-28(37)34-14-16-35(17-15-34)29-25-11-10-24(36-13-12-22-7-3-4-9-27(22)36)19-26(25)32-30(33-29)38-20-21-6-5-8-23(31)18-21/h2-9,18,24H,1,10-17,19-20,31H2. The van der Waals surface area contributed by atoms with Gasteiger partial charge >= 0.3 is 6.01 Å². The van der Waals surface area contributed by atoms with Crippen molar-refractivity contribution in [3.05, 3.63) is 83.6 Å². The Hall–Kier alpha value is -4.07. The lowest BCUT2D eigenvalue weighted by Gasteiger charge is -2.38. The summed E-state index contributed by atoms with van der Waals surface area (Å²) >= 11 is 0. The van der Waals surface area contributed by atoms with Gasteiger partial charge in [-0.3, -0.25) is 4.79 Å². The molecule has 3 aliphatic rings. The molecule has 0 radical (unpaired) electrons. The molecular formula is C30H34N6O2. The fraction of sp³-hybridized carbons (Fsp3) is 0.367. The predicted molar refractivity (Wildman–Crippen MR) is 150 cm³/mol. The number of benzene rings is 2. The summed E-state index contributed by atoms with van der Waals surface area (Å²) in [5.41, 5.74) is 12.7. The number of aromatic nitrogens is 2. The Kier molecular flexibility index (Phi) is 6.62. The molecule has 1 saturated heterocycles. The van der Waals surface area contributed by atoms with Gasteiger partial charge in [0.05, 0.1) is 5.69 Å². The molecule has 0 bridgehead atoms. The zero-order valence-electron chi connectivity index (χ0n) is 21.7. The number of ether oxygens (including phenoxy) is 1. The normalized spacial score (nSPS) is 18.6. The molecule has 8 nitrogen and oxygen atoms in total. The number of piperazine rings is 1. The lowest BCUT2D eigenvalue weighted by atomic mass is 9.90. The van der Waals surface area contributed by atoms with Gasteiger partial charge in [0.15, 0.2) is 0 Å². The van der Waals surface area contributed by atoms with Crippen molar-refractivity contribution in [3.8, 4) is 6.01 Å². The third-order valence-electron chi connectivity index (χ3n) is 7.96. The first-order chi connectivity index (χ1) is 18.6. The van der Waals surface area contributed by atoms with E-state index in [-0.39, 0.29) is 5.91 Å². The summed E-state index contributed by atoms with van der Waals surface area (Å²) in [6.07, 6.45) is 5.34. The van der Waals surface area contributed by atoms with Gasteiger partial charge in [-0.2, -0.15) is 9.97 Å². The molecule has 1 atom stereocenters. The molecule has 1 aromatic heterocycles. The van der Waals surface area contributed by atoms with E-state index >= 15 is 0 Å². The van der Waals surface area contributed by atoms with Crippen molar-refractivity contribution in [3.63, 3.8) is 0 Å². The van der Waals surface area contributed by atoms with Crippen molar-refractivity contribution in [2.75, 3.05) is 48.3 Å². The van der Waals surface area contributed by atoms with Crippen LogP contribution in [0.5, 0.6) is 6.01 Å². The Labute approximate surface area is 223 Å². The molecule has 6 rings (SSSR count). The first kappa shape index (κ1) is 24.3. The number of nitrogen functional groups attached to an aromatic ring is 1. The van der Waals surface area contributed by atoms with E-state index in [1.807, 2.05) is 29.2 Å². The number of nitrogens with zero attached hydrogens (tertiary/aromatic N) is 5. The van der Waals surface area contributed by atoms with Gasteiger partial charge in [0, 0.05) is 62.1 Å². The maximum Gasteiger partial charge on any atom is 0.318 e. The second kappa shape index (κ2) is 10.4. The van der Waals surface area contributed by atoms with Gasteiger partial charge in [-0.05, 0) is 54.7 Å². The highest BCUT2D eigenvalue weighted by Crippen LogP contribution is 2.36. The Morgan fingerprint density at radius 3 is 2.71 bits per heavy atom. The minimum Gasteiger partial charge on any atom is -0.459 e. The summed E-state index contributed by atoms with van der Waals surface area (Å²) in [6.45, 7) is 7.78. The Morgan fingerprint density at radius 2 is 1.89 bits per heavy atom. The van der Waals surface area contributed by atoms with Crippen LogP contribution in [0.15, 0.2) is 61.2 Å². The number of fused-ring (bicyclic) bond motifs is 2. The summed E-state index contributed by atoms with van der Waals surface area (Å²) in [7, 11) is 0. The fourth-order valence-corrected chi connectivity index (χ4v) is 5.99. The minimum absolute atomic E-state index is 0.0192. The van der Waals surface area contributed by atoms with Crippen LogP contribution in [0, 0.1) is 0 Å². The zero-order valence-corrected chi connectivity index (χ0v) is 21.7. The van der Waals surface area contributed by atoms with E-state index in [1.165, 1.54) is 22.9 Å². The summed E-state index contributed by atoms with van der Waals surface area (Å²) < 4.78 is 6.14. The molecule has 3 heterocycles. The minimum atomic E-state index is -0.0192. The van der Waals surface area contributed by atoms with Crippen molar-refractivity contribution in [1.29, 1.82) is 0 Å². The first-order valence-corrected chi connectivity index (χ1v) is 13.5. The molecule has 8 heteroatoms. The largest absolute Gasteiger partial charge is 0.459 e. The van der Waals surface area contributed by atoms with Crippen LogP contribution < -0.4 is 20.3 Å². The van der Waals surface area contributed by atoms with Gasteiger partial charge in [0.25, 0.3) is 0 Å². The van der Waals surface area contributed by atoms with E-state index in [2.05, 4.69) is 40.6 Å². The number of carbonyl (C=O) groups is 1. The molecule has 2 N–H and O–H groups in total. The average Bonchev–Trinajstić information content (AvgIpc) is 3.39. The quantitative estimate of drug-likeness (QED) is 0.402. The molecule has 0 spiro atoms. The average molecular weight is 511 g/mol. The van der Waals surface area contributed by atoms with E-state index < -0.39 is 0 Å². The number of hydrogen-bond acceptors (Lipinski definition) is 7. The van der Waals surface area contributed by atoms with Crippen LogP contribution in [0.25, 0.3) is 0 Å². The van der Waals surface area contributed by atoms with Crippen molar-refractivity contribution in [2.45, 2.75) is 38.3 Å². The predicted octanol–water partition coefficient (Wildman–Crippen LogP) is 3.39. The van der Waals surface area contributed by atoms with E-state index in [0.717, 1.165) is 62.4 Å². The van der Waals surface area contributed by atoms with E-state index in [1.54, 1.807) is 0 Å². The molecular weight excluding hydrogens is 476 g/mol. The molecule has 1 unspecified atom stereocenters. The lowest BCUT2D eigenvalue weighted by molar-refractivity contribution is -0.126. The molecule has 3 aromatic rings. The molecule has 2 aliphatic heterocycles. The van der Waals surface area contributed by atoms with Gasteiger partial charge < -0.3 is 25.2 Å². The zero-order chi connectivity index (χ0) is 26.1. The summed E-state index contributed by atoms with van der Waals surface area (Å²) in [5.74, 6) is 0.929. The summed E-state index contributed by atoms with van der Waals surface area (Å²) in [4.78, 5) is 28.7. The molecule has 38 heavy (non-hydrogen) atoms. The smallest absolute Gasteiger partial charge is 0.318 e. The lowest BCUT2D eigenvalue weighted by Crippen LogP contribution is -2.49. The van der Waals surface area contributed by atoms with Crippen LogP contribution in [0.4, 0.5) is 17.2 Å². The van der Waals surface area contributed by atoms with E-state index in [4.69, 9.17) is 20.4 Å². The summed E-state index contributed by atoms with van der Waals surface area (Å²) in [6, 6.07) is 17.2. The van der Waals surface area contributed by atoms with Gasteiger partial charge in [0.2, 0.25) is 5.91 Å². The van der Waals surface area contributed by atoms with Crippen LogP contribution in [0.1, 0.15) is 28.8 Å².